The summed E-state index contributed by atoms with van der Waals surface area (Å²) in [5.41, 5.74) is 0.960. The van der Waals surface area contributed by atoms with Crippen LogP contribution in [0.1, 0.15) is 5.76 Å². The molecule has 2 aromatic rings. The van der Waals surface area contributed by atoms with Gasteiger partial charge in [0.1, 0.15) is 11.3 Å². The molecule has 0 radical (unpaired) electrons. The molecule has 1 aromatic carbocycles. The van der Waals surface area contributed by atoms with Crippen LogP contribution in [0.25, 0.3) is 11.0 Å². The van der Waals surface area contributed by atoms with Crippen LogP contribution in [0.3, 0.4) is 0 Å². The quantitative estimate of drug-likeness (QED) is 0.706. The summed E-state index contributed by atoms with van der Waals surface area (Å²) in [6, 6.07) is 8.09. The van der Waals surface area contributed by atoms with Crippen molar-refractivity contribution in [1.82, 2.24) is 0 Å². The minimum absolute atomic E-state index is 0.448. The van der Waals surface area contributed by atoms with E-state index in [0.29, 0.717) is 0 Å². The molecular formula is C9H7Br2OP. The average molecular weight is 322 g/mol. The van der Waals surface area contributed by atoms with Crippen LogP contribution in [0.2, 0.25) is 0 Å². The van der Waals surface area contributed by atoms with Crippen molar-refractivity contribution in [1.29, 1.82) is 0 Å². The van der Waals surface area contributed by atoms with Crippen LogP contribution >= 0.6 is 36.3 Å². The molecule has 0 aliphatic heterocycles. The molecule has 0 atom stereocenters. The van der Waals surface area contributed by atoms with E-state index >= 15 is 0 Å². The Morgan fingerprint density at radius 3 is 2.62 bits per heavy atom. The Morgan fingerprint density at radius 1 is 1.23 bits per heavy atom. The van der Waals surface area contributed by atoms with Crippen LogP contribution in [-0.2, 0) is 0 Å². The highest BCUT2D eigenvalue weighted by molar-refractivity contribution is 9.70. The highest BCUT2D eigenvalue weighted by atomic mass is 79.9. The molecule has 2 rings (SSSR count). The third-order valence-corrected chi connectivity index (χ3v) is 4.93. The predicted octanol–water partition coefficient (Wildman–Crippen LogP) is 4.47. The molecule has 1 aromatic heterocycles. The largest absolute Gasteiger partial charge is 0.461 e. The van der Waals surface area contributed by atoms with Gasteiger partial charge in [0.2, 0.25) is 0 Å². The van der Waals surface area contributed by atoms with Crippen LogP contribution in [0.4, 0.5) is 0 Å². The maximum absolute atomic E-state index is 5.62. The van der Waals surface area contributed by atoms with Gasteiger partial charge in [-0.05, 0) is 44.0 Å². The smallest absolute Gasteiger partial charge is 0.134 e. The van der Waals surface area contributed by atoms with Gasteiger partial charge in [-0.2, -0.15) is 0 Å². The lowest BCUT2D eigenvalue weighted by molar-refractivity contribution is 0.582. The van der Waals surface area contributed by atoms with Gasteiger partial charge in [-0.15, -0.1) is 0 Å². The summed E-state index contributed by atoms with van der Waals surface area (Å²) in [5.74, 6) is 0.987. The van der Waals surface area contributed by atoms with Crippen LogP contribution in [0, 0.1) is 6.92 Å². The fraction of sp³-hybridized carbons (Fsp3) is 0.111. The average Bonchev–Trinajstić information content (AvgIpc) is 2.39. The van der Waals surface area contributed by atoms with Crippen molar-refractivity contribution in [2.75, 3.05) is 0 Å². The van der Waals surface area contributed by atoms with Gasteiger partial charge in [-0.25, -0.2) is 0 Å². The molecular weight excluding hydrogens is 315 g/mol. The van der Waals surface area contributed by atoms with E-state index in [9.17, 15) is 0 Å². The second kappa shape index (κ2) is 3.72. The first-order valence-corrected chi connectivity index (χ1v) is 9.18. The van der Waals surface area contributed by atoms with Gasteiger partial charge >= 0.3 is 0 Å². The standard InChI is InChI=1S/C9H7Br2OP/c1-6-9(13(10)11)7-4-2-3-5-8(7)12-6/h2-5H,1H3. The number of aryl methyl sites for hydroxylation is 1. The number of benzene rings is 1. The van der Waals surface area contributed by atoms with E-state index < -0.39 is 5.33 Å². The predicted molar refractivity (Wildman–Crippen MR) is 65.4 cm³/mol. The Labute approximate surface area is 93.7 Å². The Balaban J connectivity index is 2.78. The van der Waals surface area contributed by atoms with Gasteiger partial charge in [-0.1, -0.05) is 18.2 Å². The van der Waals surface area contributed by atoms with E-state index in [1.54, 1.807) is 0 Å². The molecule has 0 amide bonds. The zero-order valence-corrected chi connectivity index (χ0v) is 11.0. The van der Waals surface area contributed by atoms with Crippen LogP contribution in [0.15, 0.2) is 28.7 Å². The second-order valence-corrected chi connectivity index (χ2v) is 10.8. The lowest BCUT2D eigenvalue weighted by Crippen LogP contribution is -1.94. The first-order chi connectivity index (χ1) is 6.20. The van der Waals surface area contributed by atoms with Crippen molar-refractivity contribution in [3.8, 4) is 0 Å². The minimum Gasteiger partial charge on any atom is -0.461 e. The van der Waals surface area contributed by atoms with Gasteiger partial charge in [0.25, 0.3) is 0 Å². The topological polar surface area (TPSA) is 13.1 Å². The zero-order valence-electron chi connectivity index (χ0n) is 6.92. The number of para-hydroxylation sites is 1. The molecule has 4 heteroatoms. The fourth-order valence-electron chi connectivity index (χ4n) is 1.36. The summed E-state index contributed by atoms with van der Waals surface area (Å²) in [4.78, 5) is 0. The first kappa shape index (κ1) is 9.70. The summed E-state index contributed by atoms with van der Waals surface area (Å²) in [6.07, 6.45) is 0. The molecule has 0 aliphatic rings. The Hall–Kier alpha value is 0.150. The van der Waals surface area contributed by atoms with Crippen LogP contribution in [0.5, 0.6) is 0 Å². The van der Waals surface area contributed by atoms with Gasteiger partial charge in [0, 0.05) is 10.7 Å². The number of hydrogen-bond donors (Lipinski definition) is 0. The zero-order chi connectivity index (χ0) is 9.42. The molecule has 0 N–H and O–H groups in total. The SMILES string of the molecule is Cc1oc2ccccc2c1P(Br)Br. The summed E-state index contributed by atoms with van der Waals surface area (Å²) < 4.78 is 5.62. The molecule has 1 heterocycles. The van der Waals surface area contributed by atoms with E-state index in [0.717, 1.165) is 11.3 Å². The molecule has 0 fully saturated rings. The van der Waals surface area contributed by atoms with Crippen LogP contribution < -0.4 is 5.30 Å². The second-order valence-electron chi connectivity index (χ2n) is 2.74. The molecule has 1 nitrogen and oxygen atoms in total. The van der Waals surface area contributed by atoms with Crippen LogP contribution in [-0.4, -0.2) is 0 Å². The van der Waals surface area contributed by atoms with E-state index in [1.165, 1.54) is 10.7 Å². The number of hydrogen-bond acceptors (Lipinski definition) is 1. The molecule has 0 saturated carbocycles. The fourth-order valence-corrected chi connectivity index (χ4v) is 4.66. The summed E-state index contributed by atoms with van der Waals surface area (Å²) in [6.45, 7) is 1.99. The van der Waals surface area contributed by atoms with Crippen molar-refractivity contribution in [3.05, 3.63) is 30.0 Å². The van der Waals surface area contributed by atoms with E-state index in [4.69, 9.17) is 4.42 Å². The summed E-state index contributed by atoms with van der Waals surface area (Å²) >= 11 is 7.11. The molecule has 68 valence electrons. The molecule has 0 spiro atoms. The van der Waals surface area contributed by atoms with Crippen molar-refractivity contribution >= 4 is 52.6 Å². The molecule has 13 heavy (non-hydrogen) atoms. The lowest BCUT2D eigenvalue weighted by atomic mass is 10.2. The summed E-state index contributed by atoms with van der Waals surface area (Å²) in [7, 11) is 0. The highest BCUT2D eigenvalue weighted by Gasteiger charge is 2.15. The van der Waals surface area contributed by atoms with E-state index in [2.05, 4.69) is 37.0 Å². The van der Waals surface area contributed by atoms with Gasteiger partial charge in [-0.3, -0.25) is 0 Å². The monoisotopic (exact) mass is 320 g/mol. The number of furan rings is 1. The molecule has 0 bridgehead atoms. The van der Waals surface area contributed by atoms with Gasteiger partial charge < -0.3 is 4.42 Å². The number of rotatable bonds is 1. The minimum atomic E-state index is -0.448. The van der Waals surface area contributed by atoms with E-state index in [-0.39, 0.29) is 0 Å². The van der Waals surface area contributed by atoms with Crippen molar-refractivity contribution < 1.29 is 4.42 Å². The van der Waals surface area contributed by atoms with Gasteiger partial charge in [0.15, 0.2) is 0 Å². The van der Waals surface area contributed by atoms with Crippen molar-refractivity contribution in [2.45, 2.75) is 6.92 Å². The lowest BCUT2D eigenvalue weighted by Gasteiger charge is -1.98. The normalized spacial score (nSPS) is 11.4. The molecule has 0 saturated heterocycles. The number of halogens is 2. The number of fused-ring (bicyclic) bond motifs is 1. The van der Waals surface area contributed by atoms with Gasteiger partial charge in [0.05, 0.1) is 5.33 Å². The maximum atomic E-state index is 5.62. The van der Waals surface area contributed by atoms with E-state index in [1.807, 2.05) is 25.1 Å². The first-order valence-electron chi connectivity index (χ1n) is 3.80. The molecule has 0 unspecified atom stereocenters. The Morgan fingerprint density at radius 2 is 1.92 bits per heavy atom. The third kappa shape index (κ3) is 1.70. The van der Waals surface area contributed by atoms with Crippen molar-refractivity contribution in [2.24, 2.45) is 0 Å². The Bertz CT molecular complexity index is 436. The molecule has 0 aliphatic carbocycles. The highest BCUT2D eigenvalue weighted by Crippen LogP contribution is 2.53. The summed E-state index contributed by atoms with van der Waals surface area (Å²) in [5, 5.41) is 1.99. The van der Waals surface area contributed by atoms with Crippen molar-refractivity contribution in [3.63, 3.8) is 0 Å². The maximum Gasteiger partial charge on any atom is 0.134 e. The third-order valence-electron chi connectivity index (χ3n) is 1.91. The Kier molecular flexibility index (Phi) is 2.77.